The van der Waals surface area contributed by atoms with Crippen LogP contribution >= 0.6 is 56.5 Å². The fourth-order valence-corrected chi connectivity index (χ4v) is 8.58. The molecule has 0 N–H and O–H groups in total. The lowest BCUT2D eigenvalue weighted by molar-refractivity contribution is -0.138. The Bertz CT molecular complexity index is 2250. The van der Waals surface area contributed by atoms with Crippen molar-refractivity contribution in [3.63, 3.8) is 0 Å². The number of hydrogen-bond acceptors (Lipinski definition) is 8. The number of halogens is 2. The van der Waals surface area contributed by atoms with E-state index in [9.17, 15) is 9.59 Å². The van der Waals surface area contributed by atoms with E-state index in [1.807, 2.05) is 91.9 Å². The molecule has 2 heterocycles. The van der Waals surface area contributed by atoms with Crippen molar-refractivity contribution in [2.45, 2.75) is 26.5 Å². The molecule has 0 fully saturated rings. The summed E-state index contributed by atoms with van der Waals surface area (Å²) in [5, 5.41) is 9.07. The lowest BCUT2D eigenvalue weighted by Gasteiger charge is -2.26. The molecule has 1 aromatic heterocycles. The topological polar surface area (TPSA) is 103 Å². The average molecular weight is 894 g/mol. The van der Waals surface area contributed by atoms with Crippen molar-refractivity contribution in [3.05, 3.63) is 151 Å². The number of ether oxygens (including phenoxy) is 3. The maximum atomic E-state index is 14.3. The smallest absolute Gasteiger partial charge is 0.338 e. The van der Waals surface area contributed by atoms with Gasteiger partial charge in [0.05, 0.1) is 53.8 Å². The van der Waals surface area contributed by atoms with Crippen LogP contribution in [0.2, 0.25) is 0 Å². The third kappa shape index (κ3) is 7.51. The van der Waals surface area contributed by atoms with Gasteiger partial charge < -0.3 is 14.2 Å². The molecule has 1 atom stereocenters. The summed E-state index contributed by atoms with van der Waals surface area (Å²) in [4.78, 5) is 33.5. The van der Waals surface area contributed by atoms with Crippen molar-refractivity contribution in [1.29, 1.82) is 5.26 Å². The van der Waals surface area contributed by atoms with Crippen LogP contribution in [0.1, 0.15) is 47.7 Å². The van der Waals surface area contributed by atoms with E-state index in [1.54, 1.807) is 23.6 Å². The van der Waals surface area contributed by atoms with Crippen molar-refractivity contribution in [3.8, 4) is 17.6 Å². The number of esters is 1. The average Bonchev–Trinajstić information content (AvgIpc) is 3.42. The number of rotatable bonds is 10. The van der Waals surface area contributed by atoms with E-state index in [2.05, 4.69) is 51.3 Å². The first-order chi connectivity index (χ1) is 23.8. The predicted octanol–water partition coefficient (Wildman–Crippen LogP) is 6.99. The molecule has 1 aliphatic heterocycles. The molecule has 0 aliphatic carbocycles. The monoisotopic (exact) mass is 893 g/mol. The van der Waals surface area contributed by atoms with Gasteiger partial charge in [0, 0.05) is 5.56 Å². The molecule has 49 heavy (non-hydrogen) atoms. The van der Waals surface area contributed by atoms with Gasteiger partial charge in [-0.1, -0.05) is 65.9 Å². The highest BCUT2D eigenvalue weighted by Gasteiger charge is 2.35. The first-order valence-electron chi connectivity index (χ1n) is 15.4. The summed E-state index contributed by atoms with van der Waals surface area (Å²) < 4.78 is 21.3. The van der Waals surface area contributed by atoms with Gasteiger partial charge in [-0.25, -0.2) is 9.79 Å². The molecule has 0 saturated carbocycles. The third-order valence-electron chi connectivity index (χ3n) is 7.67. The molecule has 4 aromatic carbocycles. The summed E-state index contributed by atoms with van der Waals surface area (Å²) in [7, 11) is 0. The van der Waals surface area contributed by atoms with E-state index in [-0.39, 0.29) is 12.2 Å². The lowest BCUT2D eigenvalue weighted by atomic mass is 9.93. The molecule has 0 saturated heterocycles. The number of aromatic nitrogens is 1. The molecule has 8 nitrogen and oxygen atoms in total. The Labute approximate surface area is 314 Å². The molecule has 11 heteroatoms. The Kier molecular flexibility index (Phi) is 11.0. The number of benzene rings is 4. The third-order valence-corrected chi connectivity index (χ3v) is 10.3. The standard InChI is InChI=1S/C38H29I2N3O5S/c1-3-46-28-16-14-27(15-17-28)34-32(37(45)47-4-2)33(26-8-6-5-7-9-26)42-38-43(34)36(44)31(49-38)20-25-18-29(39)35(30(40)19-25)48-22-24-12-10-23(21-41)11-13-24/h5-20,34H,3-4,22H2,1-2H3/b31-20-/t34-/m0/s1. The second-order valence-corrected chi connectivity index (χ2v) is 14.2. The summed E-state index contributed by atoms with van der Waals surface area (Å²) >= 11 is 5.76. The van der Waals surface area contributed by atoms with Crippen LogP contribution in [0.25, 0.3) is 11.8 Å². The zero-order valence-corrected chi connectivity index (χ0v) is 31.6. The van der Waals surface area contributed by atoms with E-state index < -0.39 is 12.0 Å². The second kappa shape index (κ2) is 15.5. The van der Waals surface area contributed by atoms with Crippen LogP contribution in [-0.2, 0) is 16.1 Å². The molecule has 1 aliphatic rings. The Morgan fingerprint density at radius 2 is 1.65 bits per heavy atom. The van der Waals surface area contributed by atoms with Gasteiger partial charge in [0.2, 0.25) is 0 Å². The van der Waals surface area contributed by atoms with Crippen LogP contribution < -0.4 is 24.4 Å². The number of hydrogen-bond donors (Lipinski definition) is 0. The molecule has 6 rings (SSSR count). The first kappa shape index (κ1) is 34.6. The molecular weight excluding hydrogens is 864 g/mol. The van der Waals surface area contributed by atoms with Gasteiger partial charge in [-0.15, -0.1) is 0 Å². The first-order valence-corrected chi connectivity index (χ1v) is 18.4. The number of nitrogens with zero attached hydrogens (tertiary/aromatic N) is 3. The zero-order valence-electron chi connectivity index (χ0n) is 26.5. The molecule has 0 amide bonds. The highest BCUT2D eigenvalue weighted by Crippen LogP contribution is 2.36. The van der Waals surface area contributed by atoms with E-state index >= 15 is 0 Å². The van der Waals surface area contributed by atoms with Gasteiger partial charge in [0.1, 0.15) is 18.1 Å². The summed E-state index contributed by atoms with van der Waals surface area (Å²) in [5.41, 5.74) is 4.37. The van der Waals surface area contributed by atoms with Crippen molar-refractivity contribution < 1.29 is 19.0 Å². The van der Waals surface area contributed by atoms with E-state index in [0.717, 1.165) is 35.1 Å². The summed E-state index contributed by atoms with van der Waals surface area (Å²) in [6.45, 7) is 4.72. The molecule has 0 unspecified atom stereocenters. The molecule has 0 bridgehead atoms. The minimum Gasteiger partial charge on any atom is -0.494 e. The summed E-state index contributed by atoms with van der Waals surface area (Å²) in [6, 6.07) is 29.5. The van der Waals surface area contributed by atoms with E-state index in [1.165, 1.54) is 11.3 Å². The van der Waals surface area contributed by atoms with Gasteiger partial charge in [0.25, 0.3) is 5.56 Å². The maximum Gasteiger partial charge on any atom is 0.338 e. The SMILES string of the molecule is CCOC(=O)C1=C(c2ccccc2)N=c2s/c(=C\c3cc(I)c(OCc4ccc(C#N)cc4)c(I)c3)c(=O)n2[C@H]1c1ccc(OCC)cc1. The second-order valence-electron chi connectivity index (χ2n) is 10.8. The fourth-order valence-electron chi connectivity index (χ4n) is 5.45. The Balaban J connectivity index is 1.45. The molecule has 5 aromatic rings. The van der Waals surface area contributed by atoms with Gasteiger partial charge in [-0.3, -0.25) is 9.36 Å². The Morgan fingerprint density at radius 1 is 0.959 bits per heavy atom. The van der Waals surface area contributed by atoms with Crippen LogP contribution in [0, 0.1) is 18.5 Å². The molecule has 246 valence electrons. The molecule has 0 radical (unpaired) electrons. The number of nitriles is 1. The van der Waals surface area contributed by atoms with Crippen molar-refractivity contribution in [2.24, 2.45) is 4.99 Å². The number of fused-ring (bicyclic) bond motifs is 1. The maximum absolute atomic E-state index is 14.3. The van der Waals surface area contributed by atoms with Crippen molar-refractivity contribution in [1.82, 2.24) is 4.57 Å². The lowest BCUT2D eigenvalue weighted by Crippen LogP contribution is -2.40. The van der Waals surface area contributed by atoms with Crippen LogP contribution in [0.4, 0.5) is 0 Å². The normalized spacial score (nSPS) is 14.1. The van der Waals surface area contributed by atoms with Gasteiger partial charge in [-0.2, -0.15) is 5.26 Å². The number of carbonyl (C=O) groups is 1. The fraction of sp³-hybridized carbons (Fsp3) is 0.158. The molecular formula is C38H29I2N3O5S. The van der Waals surface area contributed by atoms with Crippen LogP contribution in [-0.4, -0.2) is 23.8 Å². The van der Waals surface area contributed by atoms with Gasteiger partial charge in [0.15, 0.2) is 4.80 Å². The minimum atomic E-state index is -0.776. The minimum absolute atomic E-state index is 0.176. The quantitative estimate of drug-likeness (QED) is 0.111. The summed E-state index contributed by atoms with van der Waals surface area (Å²) in [5.74, 6) is 0.905. The highest BCUT2D eigenvalue weighted by atomic mass is 127. The van der Waals surface area contributed by atoms with Crippen LogP contribution in [0.15, 0.2) is 106 Å². The van der Waals surface area contributed by atoms with Gasteiger partial charge in [-0.05, 0) is 118 Å². The highest BCUT2D eigenvalue weighted by molar-refractivity contribution is 14.1. The Hall–Kier alpha value is -4.26. The van der Waals surface area contributed by atoms with Crippen LogP contribution in [0.3, 0.4) is 0 Å². The van der Waals surface area contributed by atoms with Crippen LogP contribution in [0.5, 0.6) is 11.5 Å². The number of thiazole rings is 1. The predicted molar refractivity (Wildman–Crippen MR) is 206 cm³/mol. The van der Waals surface area contributed by atoms with Crippen molar-refractivity contribution in [2.75, 3.05) is 13.2 Å². The zero-order chi connectivity index (χ0) is 34.5. The molecule has 0 spiro atoms. The Morgan fingerprint density at radius 3 is 2.29 bits per heavy atom. The van der Waals surface area contributed by atoms with Gasteiger partial charge >= 0.3 is 5.97 Å². The number of carbonyl (C=O) groups excluding carboxylic acids is 1. The van der Waals surface area contributed by atoms with E-state index in [0.29, 0.717) is 45.1 Å². The van der Waals surface area contributed by atoms with E-state index in [4.69, 9.17) is 24.5 Å². The largest absolute Gasteiger partial charge is 0.494 e. The summed E-state index contributed by atoms with van der Waals surface area (Å²) in [6.07, 6.45) is 1.85. The van der Waals surface area contributed by atoms with Crippen molar-refractivity contribution >= 4 is 74.3 Å².